The predicted octanol–water partition coefficient (Wildman–Crippen LogP) is 1.19. The fourth-order valence-corrected chi connectivity index (χ4v) is 2.99. The van der Waals surface area contributed by atoms with Gasteiger partial charge in [-0.05, 0) is 30.7 Å². The van der Waals surface area contributed by atoms with E-state index in [1.165, 1.54) is 0 Å². The quantitative estimate of drug-likeness (QED) is 0.355. The highest BCUT2D eigenvalue weighted by Gasteiger charge is 2.22. The number of carbonyl (C=O) groups excluding carboxylic acids is 4. The zero-order valence-electron chi connectivity index (χ0n) is 15.7. The highest BCUT2D eigenvalue weighted by molar-refractivity contribution is 6.45. The number of para-hydroxylation sites is 1. The van der Waals surface area contributed by atoms with Gasteiger partial charge < -0.3 is 21.4 Å². The molecule has 148 valence electrons. The molecule has 8 heteroatoms. The van der Waals surface area contributed by atoms with Crippen molar-refractivity contribution in [2.45, 2.75) is 13.5 Å². The third kappa shape index (κ3) is 4.49. The van der Waals surface area contributed by atoms with Crippen molar-refractivity contribution in [1.82, 2.24) is 15.6 Å². The molecule has 0 atom stereocenters. The van der Waals surface area contributed by atoms with Crippen LogP contribution in [-0.4, -0.2) is 35.0 Å². The maximum atomic E-state index is 12.6. The fourth-order valence-electron chi connectivity index (χ4n) is 2.99. The minimum Gasteiger partial charge on any atom is -0.368 e. The Morgan fingerprint density at radius 1 is 0.966 bits per heavy atom. The number of aryl methyl sites for hydroxylation is 1. The van der Waals surface area contributed by atoms with Crippen LogP contribution in [-0.2, 0) is 16.1 Å². The maximum Gasteiger partial charge on any atom is 0.292 e. The Morgan fingerprint density at radius 2 is 1.66 bits per heavy atom. The van der Waals surface area contributed by atoms with Gasteiger partial charge in [0.2, 0.25) is 5.91 Å². The van der Waals surface area contributed by atoms with E-state index in [0.29, 0.717) is 27.8 Å². The molecule has 0 bridgehead atoms. The van der Waals surface area contributed by atoms with E-state index in [-0.39, 0.29) is 13.1 Å². The van der Waals surface area contributed by atoms with Crippen LogP contribution < -0.4 is 16.4 Å². The van der Waals surface area contributed by atoms with Gasteiger partial charge in [0, 0.05) is 28.7 Å². The number of primary amides is 1. The number of nitrogens with one attached hydrogen (secondary N) is 3. The van der Waals surface area contributed by atoms with Crippen LogP contribution in [0.2, 0.25) is 0 Å². The van der Waals surface area contributed by atoms with E-state index in [2.05, 4.69) is 15.6 Å². The predicted molar refractivity (Wildman–Crippen MR) is 107 cm³/mol. The number of H-pyrrole nitrogens is 1. The lowest BCUT2D eigenvalue weighted by atomic mass is 10.1. The largest absolute Gasteiger partial charge is 0.368 e. The third-order valence-corrected chi connectivity index (χ3v) is 4.42. The molecule has 0 fully saturated rings. The summed E-state index contributed by atoms with van der Waals surface area (Å²) < 4.78 is 0. The summed E-state index contributed by atoms with van der Waals surface area (Å²) >= 11 is 0. The van der Waals surface area contributed by atoms with E-state index in [4.69, 9.17) is 5.73 Å². The molecule has 2 aromatic carbocycles. The molecule has 8 nitrogen and oxygen atoms in total. The number of carbonyl (C=O) groups is 4. The maximum absolute atomic E-state index is 12.6. The molecular weight excluding hydrogens is 372 g/mol. The summed E-state index contributed by atoms with van der Waals surface area (Å²) in [5.41, 5.74) is 7.85. The monoisotopic (exact) mass is 392 g/mol. The molecule has 0 unspecified atom stereocenters. The summed E-state index contributed by atoms with van der Waals surface area (Å²) in [4.78, 5) is 50.6. The van der Waals surface area contributed by atoms with Gasteiger partial charge in [-0.15, -0.1) is 0 Å². The van der Waals surface area contributed by atoms with Crippen LogP contribution in [0, 0.1) is 6.92 Å². The second kappa shape index (κ2) is 8.39. The van der Waals surface area contributed by atoms with Crippen molar-refractivity contribution >= 4 is 34.4 Å². The normalized spacial score (nSPS) is 10.5. The smallest absolute Gasteiger partial charge is 0.292 e. The van der Waals surface area contributed by atoms with Crippen molar-refractivity contribution in [2.75, 3.05) is 6.54 Å². The molecule has 5 N–H and O–H groups in total. The zero-order valence-corrected chi connectivity index (χ0v) is 15.7. The molecule has 3 amide bonds. The summed E-state index contributed by atoms with van der Waals surface area (Å²) in [5.74, 6) is -2.37. The second-order valence-corrected chi connectivity index (χ2v) is 6.53. The van der Waals surface area contributed by atoms with Gasteiger partial charge in [0.05, 0.1) is 12.1 Å². The third-order valence-electron chi connectivity index (χ3n) is 4.42. The first-order valence-electron chi connectivity index (χ1n) is 8.92. The molecule has 1 heterocycles. The van der Waals surface area contributed by atoms with Crippen LogP contribution in [0.4, 0.5) is 0 Å². The van der Waals surface area contributed by atoms with E-state index in [0.717, 1.165) is 5.52 Å². The summed E-state index contributed by atoms with van der Waals surface area (Å²) in [7, 11) is 0. The molecule has 3 rings (SSSR count). The molecule has 3 aromatic rings. The van der Waals surface area contributed by atoms with E-state index >= 15 is 0 Å². The lowest BCUT2D eigenvalue weighted by molar-refractivity contribution is -0.117. The Morgan fingerprint density at radius 3 is 2.34 bits per heavy atom. The lowest BCUT2D eigenvalue weighted by Gasteiger charge is -2.07. The highest BCUT2D eigenvalue weighted by Crippen LogP contribution is 2.22. The molecule has 1 aromatic heterocycles. The number of rotatable bonds is 7. The molecule has 29 heavy (non-hydrogen) atoms. The minimum absolute atomic E-state index is 0.134. The van der Waals surface area contributed by atoms with E-state index in [9.17, 15) is 19.2 Å². The number of aromatic nitrogens is 1. The average molecular weight is 392 g/mol. The first-order valence-corrected chi connectivity index (χ1v) is 8.92. The van der Waals surface area contributed by atoms with Crippen LogP contribution >= 0.6 is 0 Å². The first-order chi connectivity index (χ1) is 13.9. The molecule has 0 saturated carbocycles. The fraction of sp³-hybridized carbons (Fsp3) is 0.143. The van der Waals surface area contributed by atoms with Crippen LogP contribution in [0.3, 0.4) is 0 Å². The second-order valence-electron chi connectivity index (χ2n) is 6.53. The number of Topliss-reactive ketones (excluding diaryl/α,β-unsaturated/α-hetero) is 1. The number of aromatic amines is 1. The van der Waals surface area contributed by atoms with Gasteiger partial charge in [-0.1, -0.05) is 30.3 Å². The molecule has 0 aliphatic rings. The van der Waals surface area contributed by atoms with Gasteiger partial charge in [-0.25, -0.2) is 0 Å². The summed E-state index contributed by atoms with van der Waals surface area (Å²) in [5, 5.41) is 5.70. The Balaban J connectivity index is 1.63. The van der Waals surface area contributed by atoms with Crippen molar-refractivity contribution in [3.05, 3.63) is 70.9 Å². The Labute approximate surface area is 166 Å². The van der Waals surface area contributed by atoms with Crippen molar-refractivity contribution in [3.8, 4) is 0 Å². The van der Waals surface area contributed by atoms with Crippen LogP contribution in [0.25, 0.3) is 10.9 Å². The van der Waals surface area contributed by atoms with Crippen LogP contribution in [0.15, 0.2) is 48.5 Å². The number of hydrogen-bond acceptors (Lipinski definition) is 4. The molecule has 0 radical (unpaired) electrons. The summed E-state index contributed by atoms with van der Waals surface area (Å²) in [6, 6.07) is 13.7. The lowest BCUT2D eigenvalue weighted by Crippen LogP contribution is -2.33. The van der Waals surface area contributed by atoms with Gasteiger partial charge in [-0.3, -0.25) is 19.2 Å². The number of benzene rings is 2. The van der Waals surface area contributed by atoms with Crippen molar-refractivity contribution in [2.24, 2.45) is 5.73 Å². The van der Waals surface area contributed by atoms with Gasteiger partial charge in [0.1, 0.15) is 0 Å². The molecule has 0 saturated heterocycles. The first kappa shape index (κ1) is 19.8. The highest BCUT2D eigenvalue weighted by atomic mass is 16.2. The number of nitrogens with two attached hydrogens (primary N) is 1. The van der Waals surface area contributed by atoms with E-state index in [1.807, 2.05) is 18.2 Å². The van der Waals surface area contributed by atoms with Crippen LogP contribution in [0.5, 0.6) is 0 Å². The standard InChI is InChI=1S/C21H20N4O4/c1-12-18(15-4-2-3-5-16(15)25-12)19(27)21(29)23-10-13-6-8-14(9-7-13)20(28)24-11-17(22)26/h2-9,25H,10-11H2,1H3,(H2,22,26)(H,23,29)(H,24,28). The molecular formula is C21H20N4O4. The van der Waals surface area contributed by atoms with Gasteiger partial charge in [-0.2, -0.15) is 0 Å². The van der Waals surface area contributed by atoms with Crippen molar-refractivity contribution in [1.29, 1.82) is 0 Å². The molecule has 0 aliphatic heterocycles. The Kier molecular flexibility index (Phi) is 5.73. The number of hydrogen-bond donors (Lipinski definition) is 4. The Bertz CT molecular complexity index is 1100. The number of ketones is 1. The van der Waals surface area contributed by atoms with Crippen molar-refractivity contribution < 1.29 is 19.2 Å². The minimum atomic E-state index is -0.707. The van der Waals surface area contributed by atoms with E-state index < -0.39 is 23.5 Å². The average Bonchev–Trinajstić information content (AvgIpc) is 3.05. The number of fused-ring (bicyclic) bond motifs is 1. The van der Waals surface area contributed by atoms with Gasteiger partial charge >= 0.3 is 0 Å². The van der Waals surface area contributed by atoms with E-state index in [1.54, 1.807) is 37.3 Å². The SMILES string of the molecule is Cc1[nH]c2ccccc2c1C(=O)C(=O)NCc1ccc(C(=O)NCC(N)=O)cc1. The summed E-state index contributed by atoms with van der Waals surface area (Å²) in [6.07, 6.45) is 0. The topological polar surface area (TPSA) is 134 Å². The van der Waals surface area contributed by atoms with Gasteiger partial charge in [0.25, 0.3) is 17.6 Å². The van der Waals surface area contributed by atoms with Crippen molar-refractivity contribution in [3.63, 3.8) is 0 Å². The molecule has 0 spiro atoms. The summed E-state index contributed by atoms with van der Waals surface area (Å²) in [6.45, 7) is 1.64. The van der Waals surface area contributed by atoms with Crippen LogP contribution in [0.1, 0.15) is 32.0 Å². The zero-order chi connectivity index (χ0) is 21.0. The van der Waals surface area contributed by atoms with Gasteiger partial charge in [0.15, 0.2) is 0 Å². The Hall–Kier alpha value is -3.94. The number of amides is 3. The molecule has 0 aliphatic carbocycles.